The van der Waals surface area contributed by atoms with Crippen LogP contribution in [-0.2, 0) is 0 Å². The molecule has 2 rings (SSSR count). The van der Waals surface area contributed by atoms with Gasteiger partial charge in [0.1, 0.15) is 5.92 Å². The fraction of sp³-hybridized carbons (Fsp3) is 0.316. The molecule has 0 atom stereocenters. The van der Waals surface area contributed by atoms with E-state index in [2.05, 4.69) is 0 Å². The van der Waals surface area contributed by atoms with Crippen molar-refractivity contribution in [1.82, 2.24) is 0 Å². The van der Waals surface area contributed by atoms with Crippen molar-refractivity contribution in [3.63, 3.8) is 0 Å². The Hall–Kier alpha value is -2.37. The summed E-state index contributed by atoms with van der Waals surface area (Å²) in [6.07, 6.45) is -6.32. The topological polar surface area (TPSA) is 20.3 Å². The number of halogens is 4. The Bertz CT molecular complexity index is 715. The Balaban J connectivity index is 2.42. The van der Waals surface area contributed by atoms with E-state index in [-0.39, 0.29) is 11.5 Å². The van der Waals surface area contributed by atoms with Crippen LogP contribution >= 0.6 is 0 Å². The molecule has 0 aliphatic carbocycles. The summed E-state index contributed by atoms with van der Waals surface area (Å²) in [6.45, 7) is 3.24. The quantitative estimate of drug-likeness (QED) is 0.677. The molecule has 25 heavy (non-hydrogen) atoms. The molecule has 0 aromatic heterocycles. The lowest BCUT2D eigenvalue weighted by Crippen LogP contribution is -2.28. The first kappa shape index (κ1) is 19.0. The van der Waals surface area contributed by atoms with Gasteiger partial charge >= 0.3 is 0 Å². The van der Waals surface area contributed by atoms with Crippen molar-refractivity contribution >= 4 is 11.6 Å². The third-order valence-electron chi connectivity index (χ3n) is 4.10. The number of nitrogens with zero attached hydrogens (tertiary/aromatic N) is 1. The SMILES string of the molecule is Cc1cc(C(C(F)F)C(F)F)cc(C)c1N(C)C(=O)c1ccccc1. The summed E-state index contributed by atoms with van der Waals surface area (Å²) in [5.74, 6) is -2.40. The third-order valence-corrected chi connectivity index (χ3v) is 4.10. The van der Waals surface area contributed by atoms with Gasteiger partial charge in [0.2, 0.25) is 0 Å². The first-order chi connectivity index (χ1) is 11.7. The van der Waals surface area contributed by atoms with Gasteiger partial charge in [-0.1, -0.05) is 30.3 Å². The van der Waals surface area contributed by atoms with E-state index in [9.17, 15) is 22.4 Å². The Morgan fingerprint density at radius 2 is 1.40 bits per heavy atom. The minimum atomic E-state index is -3.16. The monoisotopic (exact) mass is 353 g/mol. The predicted molar refractivity (Wildman–Crippen MR) is 89.8 cm³/mol. The smallest absolute Gasteiger partial charge is 0.258 e. The summed E-state index contributed by atoms with van der Waals surface area (Å²) in [5.41, 5.74) is 1.87. The molecular weight excluding hydrogens is 334 g/mol. The molecule has 0 radical (unpaired) electrons. The highest BCUT2D eigenvalue weighted by Crippen LogP contribution is 2.35. The van der Waals surface area contributed by atoms with Crippen molar-refractivity contribution in [2.24, 2.45) is 0 Å². The number of carbonyl (C=O) groups excluding carboxylic acids is 1. The maximum atomic E-state index is 13.0. The third kappa shape index (κ3) is 4.00. The molecule has 0 unspecified atom stereocenters. The lowest BCUT2D eigenvalue weighted by molar-refractivity contribution is 0.0147. The van der Waals surface area contributed by atoms with Crippen LogP contribution < -0.4 is 4.90 Å². The van der Waals surface area contributed by atoms with Crippen LogP contribution in [0.3, 0.4) is 0 Å². The second kappa shape index (κ2) is 7.68. The molecule has 0 N–H and O–H groups in total. The Morgan fingerprint density at radius 1 is 0.920 bits per heavy atom. The first-order valence-corrected chi connectivity index (χ1v) is 7.74. The van der Waals surface area contributed by atoms with Crippen molar-refractivity contribution < 1.29 is 22.4 Å². The number of hydrogen-bond acceptors (Lipinski definition) is 1. The Morgan fingerprint density at radius 3 is 1.84 bits per heavy atom. The van der Waals surface area contributed by atoms with Gasteiger partial charge in [0.05, 0.1) is 0 Å². The number of hydrogen-bond donors (Lipinski definition) is 0. The van der Waals surface area contributed by atoms with Crippen LogP contribution in [0.25, 0.3) is 0 Å². The van der Waals surface area contributed by atoms with Crippen molar-refractivity contribution in [1.29, 1.82) is 0 Å². The zero-order chi connectivity index (χ0) is 18.7. The highest BCUT2D eigenvalue weighted by Gasteiger charge is 2.32. The number of carbonyl (C=O) groups is 1. The summed E-state index contributed by atoms with van der Waals surface area (Å²) in [6, 6.07) is 11.2. The molecule has 134 valence electrons. The van der Waals surface area contributed by atoms with Gasteiger partial charge < -0.3 is 4.90 Å². The molecule has 0 heterocycles. The minimum Gasteiger partial charge on any atom is -0.311 e. The summed E-state index contributed by atoms with van der Waals surface area (Å²) >= 11 is 0. The largest absolute Gasteiger partial charge is 0.311 e. The molecular formula is C19H19F4NO. The standard InChI is InChI=1S/C19H19F4NO/c1-11-9-14(15(17(20)21)18(22)23)10-12(2)16(11)24(3)19(25)13-7-5-4-6-8-13/h4-10,15,17-18H,1-3H3. The van der Waals surface area contributed by atoms with E-state index in [0.29, 0.717) is 22.4 Å². The highest BCUT2D eigenvalue weighted by atomic mass is 19.3. The van der Waals surface area contributed by atoms with Gasteiger partial charge in [0.15, 0.2) is 0 Å². The number of rotatable bonds is 5. The minimum absolute atomic E-state index is 0.121. The zero-order valence-corrected chi connectivity index (χ0v) is 14.1. The van der Waals surface area contributed by atoms with E-state index in [1.165, 1.54) is 17.0 Å². The Kier molecular flexibility index (Phi) is 5.82. The van der Waals surface area contributed by atoms with Crippen LogP contribution in [0.2, 0.25) is 0 Å². The van der Waals surface area contributed by atoms with E-state index in [4.69, 9.17) is 0 Å². The second-order valence-electron chi connectivity index (χ2n) is 5.93. The summed E-state index contributed by atoms with van der Waals surface area (Å²) < 4.78 is 51.9. The van der Waals surface area contributed by atoms with E-state index in [0.717, 1.165) is 0 Å². The summed E-state index contributed by atoms with van der Waals surface area (Å²) in [4.78, 5) is 14.0. The molecule has 1 amide bonds. The molecule has 0 aliphatic heterocycles. The predicted octanol–water partition coefficient (Wildman–Crippen LogP) is 5.19. The van der Waals surface area contributed by atoms with Crippen LogP contribution in [0.5, 0.6) is 0 Å². The van der Waals surface area contributed by atoms with Crippen LogP contribution in [0.4, 0.5) is 23.2 Å². The van der Waals surface area contributed by atoms with Gasteiger partial charge in [0.25, 0.3) is 18.8 Å². The number of alkyl halides is 4. The molecule has 2 aromatic carbocycles. The molecule has 2 aromatic rings. The first-order valence-electron chi connectivity index (χ1n) is 7.74. The maximum Gasteiger partial charge on any atom is 0.258 e. The zero-order valence-electron chi connectivity index (χ0n) is 14.1. The number of benzene rings is 2. The van der Waals surface area contributed by atoms with Crippen LogP contribution in [-0.4, -0.2) is 25.8 Å². The molecule has 6 heteroatoms. The highest BCUT2D eigenvalue weighted by molar-refractivity contribution is 6.06. The van der Waals surface area contributed by atoms with Crippen molar-refractivity contribution in [2.75, 3.05) is 11.9 Å². The average Bonchev–Trinajstić information content (AvgIpc) is 2.53. The lowest BCUT2D eigenvalue weighted by Gasteiger charge is -2.24. The Labute approximate surface area is 144 Å². The van der Waals surface area contributed by atoms with Gasteiger partial charge in [-0.15, -0.1) is 0 Å². The van der Waals surface area contributed by atoms with Crippen molar-refractivity contribution in [3.05, 3.63) is 64.7 Å². The van der Waals surface area contributed by atoms with Gasteiger partial charge in [-0.2, -0.15) is 0 Å². The molecule has 0 saturated carbocycles. The van der Waals surface area contributed by atoms with E-state index in [1.54, 1.807) is 51.2 Å². The molecule has 2 nitrogen and oxygen atoms in total. The maximum absolute atomic E-state index is 13.0. The summed E-state index contributed by atoms with van der Waals surface area (Å²) in [7, 11) is 1.57. The summed E-state index contributed by atoms with van der Waals surface area (Å²) in [5, 5.41) is 0. The fourth-order valence-electron chi connectivity index (χ4n) is 2.99. The fourth-order valence-corrected chi connectivity index (χ4v) is 2.99. The van der Waals surface area contributed by atoms with Gasteiger partial charge in [0, 0.05) is 18.3 Å². The van der Waals surface area contributed by atoms with Gasteiger partial charge in [-0.25, -0.2) is 17.6 Å². The van der Waals surface area contributed by atoms with E-state index in [1.807, 2.05) is 0 Å². The van der Waals surface area contributed by atoms with Crippen LogP contribution in [0.1, 0.15) is 33.0 Å². The second-order valence-corrected chi connectivity index (χ2v) is 5.93. The molecule has 0 aliphatic rings. The number of amides is 1. The molecule has 0 spiro atoms. The lowest BCUT2D eigenvalue weighted by atomic mass is 9.94. The van der Waals surface area contributed by atoms with Crippen molar-refractivity contribution in [2.45, 2.75) is 32.6 Å². The molecule has 0 bridgehead atoms. The number of anilines is 1. The number of aryl methyl sites for hydroxylation is 2. The molecule has 0 fully saturated rings. The van der Waals surface area contributed by atoms with E-state index < -0.39 is 18.8 Å². The average molecular weight is 353 g/mol. The van der Waals surface area contributed by atoms with Gasteiger partial charge in [-0.3, -0.25) is 4.79 Å². The van der Waals surface area contributed by atoms with Crippen molar-refractivity contribution in [3.8, 4) is 0 Å². The normalized spacial score (nSPS) is 11.4. The molecule has 0 saturated heterocycles. The van der Waals surface area contributed by atoms with Crippen LogP contribution in [0, 0.1) is 13.8 Å². The van der Waals surface area contributed by atoms with Gasteiger partial charge in [-0.05, 0) is 42.7 Å². The van der Waals surface area contributed by atoms with E-state index >= 15 is 0 Å². The van der Waals surface area contributed by atoms with Crippen LogP contribution in [0.15, 0.2) is 42.5 Å².